The lowest BCUT2D eigenvalue weighted by Gasteiger charge is -2.18. The van der Waals surface area contributed by atoms with Crippen molar-refractivity contribution in [3.05, 3.63) is 0 Å². The lowest BCUT2D eigenvalue weighted by atomic mass is 9.99. The highest BCUT2D eigenvalue weighted by molar-refractivity contribution is 5.71. The molecule has 0 radical (unpaired) electrons. The fourth-order valence-electron chi connectivity index (χ4n) is 8.84. The number of hydrogen-bond acceptors (Lipinski definition) is 6. The van der Waals surface area contributed by atoms with E-state index < -0.39 is 6.10 Å². The van der Waals surface area contributed by atoms with E-state index in [0.717, 1.165) is 69.6 Å². The normalized spacial score (nSPS) is 12.5. The first kappa shape index (κ1) is 62.4. The molecule has 0 heterocycles. The molecule has 0 aromatic heterocycles. The van der Waals surface area contributed by atoms with Crippen molar-refractivity contribution >= 4 is 17.9 Å². The van der Waals surface area contributed by atoms with Crippen molar-refractivity contribution < 1.29 is 28.6 Å². The summed E-state index contributed by atoms with van der Waals surface area (Å²) in [5.41, 5.74) is 0. The zero-order valence-corrected chi connectivity index (χ0v) is 43.9. The van der Waals surface area contributed by atoms with Crippen LogP contribution in [0.25, 0.3) is 0 Å². The molecule has 0 aliphatic rings. The molecule has 0 aromatic carbocycles. The third kappa shape index (κ3) is 49.8. The molecule has 0 fully saturated rings. The van der Waals surface area contributed by atoms with Gasteiger partial charge in [0.2, 0.25) is 0 Å². The fraction of sp³-hybridized carbons (Fsp3) is 0.948. The van der Waals surface area contributed by atoms with Crippen molar-refractivity contribution in [1.82, 2.24) is 0 Å². The van der Waals surface area contributed by atoms with E-state index in [0.29, 0.717) is 19.3 Å². The zero-order chi connectivity index (χ0) is 46.8. The topological polar surface area (TPSA) is 78.9 Å². The maximum atomic E-state index is 12.8. The molecular formula is C58H112O6. The van der Waals surface area contributed by atoms with E-state index in [1.54, 1.807) is 0 Å². The molecule has 64 heavy (non-hydrogen) atoms. The second kappa shape index (κ2) is 50.8. The van der Waals surface area contributed by atoms with E-state index in [1.165, 1.54) is 212 Å². The van der Waals surface area contributed by atoms with Crippen LogP contribution in [0.5, 0.6) is 0 Å². The van der Waals surface area contributed by atoms with Crippen LogP contribution in [0.15, 0.2) is 0 Å². The standard InChI is InChI=1S/C58H112O6/c1-6-8-9-10-11-12-28-33-38-43-48-56(59)62-51-55(64-58(61)50-45-40-35-30-25-21-22-26-31-36-41-46-53(3)4)52-63-57(60)49-44-39-34-29-24-20-18-16-14-13-15-17-19-23-27-32-37-42-47-54(5)7-2/h53-55H,6-52H2,1-5H3/t54?,55-/m1/s1. The average Bonchev–Trinajstić information content (AvgIpc) is 3.28. The smallest absolute Gasteiger partial charge is 0.306 e. The van der Waals surface area contributed by atoms with Gasteiger partial charge in [0.25, 0.3) is 0 Å². The molecule has 6 nitrogen and oxygen atoms in total. The van der Waals surface area contributed by atoms with Crippen molar-refractivity contribution in [3.63, 3.8) is 0 Å². The maximum absolute atomic E-state index is 12.8. The summed E-state index contributed by atoms with van der Waals surface area (Å²) in [5.74, 6) is 0.892. The second-order valence-electron chi connectivity index (χ2n) is 20.6. The SMILES string of the molecule is CCCCCCCCCCCCC(=O)OC[C@H](COC(=O)CCCCCCCCCCCCCCCCCCCCC(C)CC)OC(=O)CCCCCCCCCCCCCC(C)C. The van der Waals surface area contributed by atoms with Gasteiger partial charge in [0.1, 0.15) is 13.2 Å². The first-order chi connectivity index (χ1) is 31.3. The van der Waals surface area contributed by atoms with E-state index in [1.807, 2.05) is 0 Å². The molecule has 2 atom stereocenters. The number of carbonyl (C=O) groups is 3. The van der Waals surface area contributed by atoms with Crippen molar-refractivity contribution in [2.75, 3.05) is 13.2 Å². The van der Waals surface area contributed by atoms with E-state index in [4.69, 9.17) is 14.2 Å². The highest BCUT2D eigenvalue weighted by Crippen LogP contribution is 2.19. The molecule has 0 bridgehead atoms. The molecule has 380 valence electrons. The monoisotopic (exact) mass is 905 g/mol. The van der Waals surface area contributed by atoms with Crippen LogP contribution in [0.2, 0.25) is 0 Å². The van der Waals surface area contributed by atoms with Gasteiger partial charge in [-0.3, -0.25) is 14.4 Å². The molecule has 1 unspecified atom stereocenters. The minimum absolute atomic E-state index is 0.0629. The van der Waals surface area contributed by atoms with E-state index in [9.17, 15) is 14.4 Å². The van der Waals surface area contributed by atoms with Crippen molar-refractivity contribution in [3.8, 4) is 0 Å². The first-order valence-corrected chi connectivity index (χ1v) is 28.8. The Morgan fingerprint density at radius 3 is 0.891 bits per heavy atom. The Morgan fingerprint density at radius 1 is 0.328 bits per heavy atom. The summed E-state index contributed by atoms with van der Waals surface area (Å²) in [7, 11) is 0. The number of carbonyl (C=O) groups excluding carboxylic acids is 3. The van der Waals surface area contributed by atoms with Crippen LogP contribution >= 0.6 is 0 Å². The van der Waals surface area contributed by atoms with E-state index in [-0.39, 0.29) is 31.1 Å². The number of esters is 3. The van der Waals surface area contributed by atoms with Gasteiger partial charge < -0.3 is 14.2 Å². The van der Waals surface area contributed by atoms with Crippen LogP contribution in [-0.2, 0) is 28.6 Å². The minimum Gasteiger partial charge on any atom is -0.462 e. The fourth-order valence-corrected chi connectivity index (χ4v) is 8.84. The zero-order valence-electron chi connectivity index (χ0n) is 43.9. The van der Waals surface area contributed by atoms with Crippen LogP contribution in [0, 0.1) is 11.8 Å². The Kier molecular flexibility index (Phi) is 49.6. The third-order valence-corrected chi connectivity index (χ3v) is 13.6. The predicted molar refractivity (Wildman–Crippen MR) is 275 cm³/mol. The molecule has 0 aliphatic heterocycles. The van der Waals surface area contributed by atoms with Crippen LogP contribution < -0.4 is 0 Å². The Bertz CT molecular complexity index is 980. The Balaban J connectivity index is 4.19. The number of unbranched alkanes of at least 4 members (excludes halogenated alkanes) is 36. The number of rotatable bonds is 52. The number of hydrogen-bond donors (Lipinski definition) is 0. The number of ether oxygens (including phenoxy) is 3. The summed E-state index contributed by atoms with van der Waals surface area (Å²) in [4.78, 5) is 38.0. The summed E-state index contributed by atoms with van der Waals surface area (Å²) in [6, 6.07) is 0. The Labute approximate surface area is 399 Å². The Morgan fingerprint density at radius 2 is 0.594 bits per heavy atom. The van der Waals surface area contributed by atoms with E-state index >= 15 is 0 Å². The lowest BCUT2D eigenvalue weighted by Crippen LogP contribution is -2.30. The summed E-state index contributed by atoms with van der Waals surface area (Å²) < 4.78 is 16.8. The highest BCUT2D eigenvalue weighted by Gasteiger charge is 2.19. The summed E-state index contributed by atoms with van der Waals surface area (Å²) in [6.07, 6.45) is 53.8. The van der Waals surface area contributed by atoms with Gasteiger partial charge in [0, 0.05) is 19.3 Å². The molecule has 0 saturated heterocycles. The maximum Gasteiger partial charge on any atom is 0.306 e. The largest absolute Gasteiger partial charge is 0.462 e. The van der Waals surface area contributed by atoms with Gasteiger partial charge in [0.05, 0.1) is 0 Å². The van der Waals surface area contributed by atoms with Gasteiger partial charge >= 0.3 is 17.9 Å². The molecule has 0 spiro atoms. The van der Waals surface area contributed by atoms with Gasteiger partial charge in [-0.05, 0) is 31.1 Å². The summed E-state index contributed by atoms with van der Waals surface area (Å²) >= 11 is 0. The van der Waals surface area contributed by atoms with Crippen LogP contribution in [0.1, 0.15) is 324 Å². The molecule has 6 heteroatoms. The summed E-state index contributed by atoms with van der Waals surface area (Å²) in [5, 5.41) is 0. The van der Waals surface area contributed by atoms with Gasteiger partial charge in [-0.25, -0.2) is 0 Å². The Hall–Kier alpha value is -1.59. The average molecular weight is 906 g/mol. The summed E-state index contributed by atoms with van der Waals surface area (Å²) in [6.45, 7) is 11.4. The van der Waals surface area contributed by atoms with Crippen molar-refractivity contribution in [2.45, 2.75) is 330 Å². The van der Waals surface area contributed by atoms with Crippen LogP contribution in [0.3, 0.4) is 0 Å². The highest BCUT2D eigenvalue weighted by atomic mass is 16.6. The van der Waals surface area contributed by atoms with E-state index in [2.05, 4.69) is 34.6 Å². The minimum atomic E-state index is -0.762. The van der Waals surface area contributed by atoms with Crippen LogP contribution in [0.4, 0.5) is 0 Å². The van der Waals surface area contributed by atoms with Gasteiger partial charge in [-0.1, -0.05) is 285 Å². The van der Waals surface area contributed by atoms with Crippen LogP contribution in [-0.4, -0.2) is 37.2 Å². The quantitative estimate of drug-likeness (QED) is 0.0344. The predicted octanol–water partition coefficient (Wildman–Crippen LogP) is 18.9. The van der Waals surface area contributed by atoms with Crippen molar-refractivity contribution in [2.24, 2.45) is 11.8 Å². The molecule has 0 aliphatic carbocycles. The molecule has 0 amide bonds. The third-order valence-electron chi connectivity index (χ3n) is 13.6. The molecular weight excluding hydrogens is 793 g/mol. The molecule has 0 N–H and O–H groups in total. The molecule has 0 rings (SSSR count). The molecule has 0 aromatic rings. The van der Waals surface area contributed by atoms with Gasteiger partial charge in [0.15, 0.2) is 6.10 Å². The van der Waals surface area contributed by atoms with Gasteiger partial charge in [-0.2, -0.15) is 0 Å². The lowest BCUT2D eigenvalue weighted by molar-refractivity contribution is -0.167. The van der Waals surface area contributed by atoms with Gasteiger partial charge in [-0.15, -0.1) is 0 Å². The molecule has 0 saturated carbocycles. The second-order valence-corrected chi connectivity index (χ2v) is 20.6. The first-order valence-electron chi connectivity index (χ1n) is 28.8. The van der Waals surface area contributed by atoms with Crippen molar-refractivity contribution in [1.29, 1.82) is 0 Å².